The summed E-state index contributed by atoms with van der Waals surface area (Å²) in [5, 5.41) is 13.2. The Morgan fingerprint density at radius 3 is 2.76 bits per heavy atom. The predicted molar refractivity (Wildman–Crippen MR) is 58.6 cm³/mol. The Kier molecular flexibility index (Phi) is 3.34. The fourth-order valence-electron chi connectivity index (χ4n) is 1.44. The zero-order chi connectivity index (χ0) is 12.3. The first-order valence-electron chi connectivity index (χ1n) is 5.03. The number of aromatic nitrogens is 3. The van der Waals surface area contributed by atoms with Crippen molar-refractivity contribution in [2.75, 3.05) is 7.11 Å². The van der Waals surface area contributed by atoms with Gasteiger partial charge in [-0.05, 0) is 12.1 Å². The number of aliphatic hydroxyl groups excluding tert-OH is 1. The minimum absolute atomic E-state index is 0.154. The third-order valence-electron chi connectivity index (χ3n) is 2.33. The van der Waals surface area contributed by atoms with E-state index in [1.165, 1.54) is 18.0 Å². The fraction of sp³-hybridized carbons (Fsp3) is 0.273. The van der Waals surface area contributed by atoms with Crippen LogP contribution in [0, 0.1) is 0 Å². The second kappa shape index (κ2) is 4.92. The van der Waals surface area contributed by atoms with Gasteiger partial charge in [0.25, 0.3) is 0 Å². The molecule has 0 bridgehead atoms. The van der Waals surface area contributed by atoms with Crippen LogP contribution < -0.4 is 4.74 Å². The molecule has 2 heterocycles. The van der Waals surface area contributed by atoms with Crippen LogP contribution in [-0.4, -0.2) is 27.0 Å². The maximum Gasteiger partial charge on any atom is 0.238 e. The van der Waals surface area contributed by atoms with E-state index in [1.807, 2.05) is 0 Å². The molecule has 0 radical (unpaired) electrons. The van der Waals surface area contributed by atoms with E-state index < -0.39 is 6.67 Å². The molecule has 0 aliphatic heterocycles. The van der Waals surface area contributed by atoms with Crippen LogP contribution in [0.1, 0.15) is 11.3 Å². The van der Waals surface area contributed by atoms with Crippen molar-refractivity contribution >= 4 is 0 Å². The fourth-order valence-corrected chi connectivity index (χ4v) is 1.44. The minimum Gasteiger partial charge on any atom is -0.480 e. The van der Waals surface area contributed by atoms with Gasteiger partial charge in [-0.3, -0.25) is 4.98 Å². The SMILES string of the molecule is COc1nn(-c2ccc(CF)nc2)cc1CO. The summed E-state index contributed by atoms with van der Waals surface area (Å²) < 4.78 is 18.8. The van der Waals surface area contributed by atoms with Gasteiger partial charge in [-0.2, -0.15) is 0 Å². The number of pyridine rings is 1. The van der Waals surface area contributed by atoms with Crippen LogP contribution in [0.2, 0.25) is 0 Å². The van der Waals surface area contributed by atoms with Gasteiger partial charge in [-0.1, -0.05) is 0 Å². The van der Waals surface area contributed by atoms with Gasteiger partial charge in [0.05, 0.1) is 36.9 Å². The van der Waals surface area contributed by atoms with Gasteiger partial charge < -0.3 is 9.84 Å². The number of aliphatic hydroxyl groups is 1. The Bertz CT molecular complexity index is 474. The highest BCUT2D eigenvalue weighted by Gasteiger charge is 2.09. The van der Waals surface area contributed by atoms with E-state index in [4.69, 9.17) is 9.84 Å². The Hall–Kier alpha value is -1.95. The summed E-state index contributed by atoms with van der Waals surface area (Å²) in [4.78, 5) is 3.92. The van der Waals surface area contributed by atoms with Crippen molar-refractivity contribution in [1.82, 2.24) is 14.8 Å². The van der Waals surface area contributed by atoms with Crippen LogP contribution in [-0.2, 0) is 13.3 Å². The van der Waals surface area contributed by atoms with Crippen molar-refractivity contribution in [2.24, 2.45) is 0 Å². The Morgan fingerprint density at radius 2 is 2.29 bits per heavy atom. The molecule has 0 amide bonds. The number of hydrogen-bond donors (Lipinski definition) is 1. The van der Waals surface area contributed by atoms with Gasteiger partial charge in [0.1, 0.15) is 6.67 Å². The molecule has 2 aromatic heterocycles. The van der Waals surface area contributed by atoms with E-state index in [0.717, 1.165) is 0 Å². The van der Waals surface area contributed by atoms with Crippen molar-refractivity contribution in [3.8, 4) is 11.6 Å². The third kappa shape index (κ3) is 2.26. The summed E-state index contributed by atoms with van der Waals surface area (Å²) in [7, 11) is 1.48. The van der Waals surface area contributed by atoms with Crippen LogP contribution in [0.5, 0.6) is 5.88 Å². The number of halogens is 1. The normalized spacial score (nSPS) is 10.5. The number of hydrogen-bond acceptors (Lipinski definition) is 4. The van der Waals surface area contributed by atoms with E-state index in [1.54, 1.807) is 18.3 Å². The first kappa shape index (κ1) is 11.5. The van der Waals surface area contributed by atoms with E-state index >= 15 is 0 Å². The summed E-state index contributed by atoms with van der Waals surface area (Å²) in [6, 6.07) is 3.29. The summed E-state index contributed by atoms with van der Waals surface area (Å²) in [5.74, 6) is 0.363. The first-order valence-corrected chi connectivity index (χ1v) is 5.03. The lowest BCUT2D eigenvalue weighted by molar-refractivity contribution is 0.273. The molecule has 5 nitrogen and oxygen atoms in total. The van der Waals surface area contributed by atoms with Gasteiger partial charge in [0, 0.05) is 6.20 Å². The maximum absolute atomic E-state index is 12.3. The summed E-state index contributed by atoms with van der Waals surface area (Å²) >= 11 is 0. The molecule has 2 rings (SSSR count). The smallest absolute Gasteiger partial charge is 0.238 e. The molecule has 0 spiro atoms. The zero-order valence-corrected chi connectivity index (χ0v) is 9.30. The first-order chi connectivity index (χ1) is 8.28. The molecule has 6 heteroatoms. The monoisotopic (exact) mass is 237 g/mol. The van der Waals surface area contributed by atoms with Crippen molar-refractivity contribution in [1.29, 1.82) is 0 Å². The molecule has 90 valence electrons. The average Bonchev–Trinajstić information content (AvgIpc) is 2.82. The highest BCUT2D eigenvalue weighted by Crippen LogP contribution is 2.18. The lowest BCUT2D eigenvalue weighted by Crippen LogP contribution is -1.97. The molecule has 0 atom stereocenters. The van der Waals surface area contributed by atoms with Gasteiger partial charge >= 0.3 is 0 Å². The molecule has 0 unspecified atom stereocenters. The highest BCUT2D eigenvalue weighted by atomic mass is 19.1. The Morgan fingerprint density at radius 1 is 1.47 bits per heavy atom. The van der Waals surface area contributed by atoms with Crippen LogP contribution in [0.4, 0.5) is 4.39 Å². The number of methoxy groups -OCH3 is 1. The molecular weight excluding hydrogens is 225 g/mol. The molecule has 0 aliphatic carbocycles. The second-order valence-electron chi connectivity index (χ2n) is 3.41. The van der Waals surface area contributed by atoms with E-state index in [-0.39, 0.29) is 6.61 Å². The number of nitrogens with zero attached hydrogens (tertiary/aromatic N) is 3. The Balaban J connectivity index is 2.35. The molecule has 0 fully saturated rings. The summed E-state index contributed by atoms with van der Waals surface area (Å²) in [6.45, 7) is -0.746. The molecule has 17 heavy (non-hydrogen) atoms. The summed E-state index contributed by atoms with van der Waals surface area (Å²) in [5.41, 5.74) is 1.64. The quantitative estimate of drug-likeness (QED) is 0.869. The third-order valence-corrected chi connectivity index (χ3v) is 2.33. The van der Waals surface area contributed by atoms with Crippen LogP contribution >= 0.6 is 0 Å². The lowest BCUT2D eigenvalue weighted by atomic mass is 10.3. The molecule has 0 aliphatic rings. The van der Waals surface area contributed by atoms with Crippen LogP contribution in [0.25, 0.3) is 5.69 Å². The van der Waals surface area contributed by atoms with E-state index in [2.05, 4.69) is 10.1 Å². The number of alkyl halides is 1. The van der Waals surface area contributed by atoms with Gasteiger partial charge in [0.2, 0.25) is 5.88 Å². The average molecular weight is 237 g/mol. The summed E-state index contributed by atoms with van der Waals surface area (Å²) in [6.07, 6.45) is 3.16. The molecule has 0 aromatic carbocycles. The molecule has 0 saturated carbocycles. The van der Waals surface area contributed by atoms with Crippen molar-refractivity contribution in [3.05, 3.63) is 35.8 Å². The van der Waals surface area contributed by atoms with E-state index in [9.17, 15) is 4.39 Å². The lowest BCUT2D eigenvalue weighted by Gasteiger charge is -2.00. The predicted octanol–water partition coefficient (Wildman–Crippen LogP) is 1.24. The molecule has 2 aromatic rings. The van der Waals surface area contributed by atoms with Gasteiger partial charge in [-0.25, -0.2) is 9.07 Å². The van der Waals surface area contributed by atoms with Crippen molar-refractivity contribution < 1.29 is 14.2 Å². The van der Waals surface area contributed by atoms with Crippen molar-refractivity contribution in [3.63, 3.8) is 0 Å². The van der Waals surface area contributed by atoms with E-state index in [0.29, 0.717) is 22.8 Å². The zero-order valence-electron chi connectivity index (χ0n) is 9.30. The van der Waals surface area contributed by atoms with Gasteiger partial charge in [0.15, 0.2) is 0 Å². The number of rotatable bonds is 4. The molecule has 0 saturated heterocycles. The van der Waals surface area contributed by atoms with Crippen molar-refractivity contribution in [2.45, 2.75) is 13.3 Å². The standard InChI is InChI=1S/C11H12FN3O2/c1-17-11-8(7-16)6-15(14-11)10-3-2-9(4-12)13-5-10/h2-3,5-6,16H,4,7H2,1H3. The topological polar surface area (TPSA) is 60.2 Å². The van der Waals surface area contributed by atoms with Gasteiger partial charge in [-0.15, -0.1) is 5.10 Å². The largest absolute Gasteiger partial charge is 0.480 e. The maximum atomic E-state index is 12.3. The molecular formula is C11H12FN3O2. The molecule has 1 N–H and O–H groups in total. The second-order valence-corrected chi connectivity index (χ2v) is 3.41. The van der Waals surface area contributed by atoms with Crippen LogP contribution in [0.15, 0.2) is 24.5 Å². The number of ether oxygens (including phenoxy) is 1. The minimum atomic E-state index is -0.593. The van der Waals surface area contributed by atoms with Crippen LogP contribution in [0.3, 0.4) is 0 Å². The highest BCUT2D eigenvalue weighted by molar-refractivity contribution is 5.33. The Labute approximate surface area is 97.5 Å².